The lowest BCUT2D eigenvalue weighted by atomic mass is 9.87. The molecule has 1 atom stereocenters. The van der Waals surface area contributed by atoms with Crippen LogP contribution in [0.3, 0.4) is 0 Å². The highest BCUT2D eigenvalue weighted by atomic mass is 79.9. The minimum Gasteiger partial charge on any atom is -0.351 e. The third-order valence-corrected chi connectivity index (χ3v) is 3.92. The van der Waals surface area contributed by atoms with E-state index in [2.05, 4.69) is 40.1 Å². The predicted octanol–water partition coefficient (Wildman–Crippen LogP) is 3.90. The molecule has 0 aliphatic heterocycles. The summed E-state index contributed by atoms with van der Waals surface area (Å²) in [5, 5.41) is 3.02. The second-order valence-corrected chi connectivity index (χ2v) is 6.26. The van der Waals surface area contributed by atoms with Crippen molar-refractivity contribution in [3.05, 3.63) is 64.4 Å². The number of carbonyl (C=O) groups is 1. The lowest BCUT2D eigenvalue weighted by Gasteiger charge is -2.21. The number of carbonyl (C=O) groups excluding carboxylic acids is 1. The molecular formula is C17H19BrN2O. The van der Waals surface area contributed by atoms with E-state index in [0.717, 1.165) is 15.6 Å². The van der Waals surface area contributed by atoms with Crippen LogP contribution in [0.5, 0.6) is 0 Å². The number of amides is 1. The summed E-state index contributed by atoms with van der Waals surface area (Å²) < 4.78 is 1.02. The molecule has 0 saturated carbocycles. The number of benzene rings is 1. The summed E-state index contributed by atoms with van der Waals surface area (Å²) in [6.45, 7) is 4.67. The van der Waals surface area contributed by atoms with Gasteiger partial charge in [-0.3, -0.25) is 9.78 Å². The number of nitrogens with one attached hydrogen (secondary N) is 1. The largest absolute Gasteiger partial charge is 0.351 e. The summed E-state index contributed by atoms with van der Waals surface area (Å²) in [5.41, 5.74) is 2.09. The van der Waals surface area contributed by atoms with Gasteiger partial charge in [0, 0.05) is 23.4 Å². The zero-order chi connectivity index (χ0) is 15.2. The fourth-order valence-corrected chi connectivity index (χ4v) is 2.57. The van der Waals surface area contributed by atoms with E-state index in [9.17, 15) is 4.79 Å². The van der Waals surface area contributed by atoms with Crippen molar-refractivity contribution in [1.82, 2.24) is 10.3 Å². The van der Waals surface area contributed by atoms with Crippen LogP contribution in [0.1, 0.15) is 30.9 Å². The molecule has 1 amide bonds. The van der Waals surface area contributed by atoms with E-state index in [-0.39, 0.29) is 17.7 Å². The van der Waals surface area contributed by atoms with Crippen molar-refractivity contribution in [2.45, 2.75) is 26.3 Å². The van der Waals surface area contributed by atoms with Crippen LogP contribution in [0, 0.1) is 5.92 Å². The zero-order valence-electron chi connectivity index (χ0n) is 12.2. The third kappa shape index (κ3) is 4.39. The Balaban J connectivity index is 2.07. The lowest BCUT2D eigenvalue weighted by molar-refractivity contribution is -0.123. The maximum Gasteiger partial charge on any atom is 0.228 e. The van der Waals surface area contributed by atoms with Gasteiger partial charge in [0.05, 0.1) is 5.92 Å². The van der Waals surface area contributed by atoms with Crippen LogP contribution >= 0.6 is 15.9 Å². The molecule has 0 radical (unpaired) electrons. The van der Waals surface area contributed by atoms with Crippen molar-refractivity contribution < 1.29 is 4.79 Å². The van der Waals surface area contributed by atoms with Gasteiger partial charge in [0.1, 0.15) is 0 Å². The summed E-state index contributed by atoms with van der Waals surface area (Å²) >= 11 is 3.42. The Morgan fingerprint density at radius 2 is 1.76 bits per heavy atom. The average Bonchev–Trinajstić information content (AvgIpc) is 2.48. The normalized spacial score (nSPS) is 12.2. The fourth-order valence-electron chi connectivity index (χ4n) is 2.31. The Labute approximate surface area is 133 Å². The van der Waals surface area contributed by atoms with Crippen molar-refractivity contribution in [2.24, 2.45) is 5.92 Å². The van der Waals surface area contributed by atoms with Gasteiger partial charge >= 0.3 is 0 Å². The van der Waals surface area contributed by atoms with Gasteiger partial charge in [0.2, 0.25) is 5.91 Å². The van der Waals surface area contributed by atoms with Crippen LogP contribution in [0.25, 0.3) is 0 Å². The molecule has 0 aliphatic carbocycles. The van der Waals surface area contributed by atoms with Crippen molar-refractivity contribution in [2.75, 3.05) is 0 Å². The summed E-state index contributed by atoms with van der Waals surface area (Å²) in [7, 11) is 0. The summed E-state index contributed by atoms with van der Waals surface area (Å²) in [4.78, 5) is 16.5. The Kier molecular flexibility index (Phi) is 5.51. The van der Waals surface area contributed by atoms with Gasteiger partial charge in [-0.2, -0.15) is 0 Å². The zero-order valence-corrected chi connectivity index (χ0v) is 13.8. The second kappa shape index (κ2) is 7.36. The van der Waals surface area contributed by atoms with E-state index in [1.807, 2.05) is 36.4 Å². The Hall–Kier alpha value is -1.68. The first-order valence-electron chi connectivity index (χ1n) is 7.00. The molecule has 1 aromatic heterocycles. The van der Waals surface area contributed by atoms with Gasteiger partial charge in [-0.05, 0) is 41.3 Å². The molecule has 0 bridgehead atoms. The number of nitrogens with zero attached hydrogens (tertiary/aromatic N) is 1. The topological polar surface area (TPSA) is 42.0 Å². The van der Waals surface area contributed by atoms with E-state index in [0.29, 0.717) is 6.54 Å². The smallest absolute Gasteiger partial charge is 0.228 e. The molecule has 0 fully saturated rings. The molecule has 4 heteroatoms. The Bertz CT molecular complexity index is 581. The number of aromatic nitrogens is 1. The molecule has 2 rings (SSSR count). The van der Waals surface area contributed by atoms with E-state index < -0.39 is 0 Å². The standard InChI is InChI=1S/C17H19BrN2O/c1-12(2)16(14-3-5-15(18)6-4-14)17(21)20-11-13-7-9-19-10-8-13/h3-10,12,16H,11H2,1-2H3,(H,20,21). The summed E-state index contributed by atoms with van der Waals surface area (Å²) in [5.74, 6) is 0.160. The first kappa shape index (κ1) is 15.7. The van der Waals surface area contributed by atoms with Crippen LogP contribution in [0.15, 0.2) is 53.3 Å². The highest BCUT2D eigenvalue weighted by Gasteiger charge is 2.23. The maximum atomic E-state index is 12.5. The minimum atomic E-state index is -0.139. The van der Waals surface area contributed by atoms with Crippen molar-refractivity contribution in [3.8, 4) is 0 Å². The number of halogens is 1. The molecule has 110 valence electrons. The van der Waals surface area contributed by atoms with E-state index in [4.69, 9.17) is 0 Å². The summed E-state index contributed by atoms with van der Waals surface area (Å²) in [6.07, 6.45) is 3.46. The predicted molar refractivity (Wildman–Crippen MR) is 87.8 cm³/mol. The first-order valence-corrected chi connectivity index (χ1v) is 7.79. The molecule has 1 unspecified atom stereocenters. The molecule has 1 heterocycles. The van der Waals surface area contributed by atoms with Gasteiger partial charge in [-0.25, -0.2) is 0 Å². The van der Waals surface area contributed by atoms with E-state index >= 15 is 0 Å². The van der Waals surface area contributed by atoms with Gasteiger partial charge in [-0.15, -0.1) is 0 Å². The van der Waals surface area contributed by atoms with Gasteiger partial charge in [0.25, 0.3) is 0 Å². The molecule has 0 saturated heterocycles. The van der Waals surface area contributed by atoms with Gasteiger partial charge in [-0.1, -0.05) is 41.9 Å². The number of rotatable bonds is 5. The van der Waals surface area contributed by atoms with Crippen LogP contribution in [-0.4, -0.2) is 10.9 Å². The van der Waals surface area contributed by atoms with Crippen LogP contribution < -0.4 is 5.32 Å². The third-order valence-electron chi connectivity index (χ3n) is 3.39. The molecule has 0 aliphatic rings. The molecule has 1 N–H and O–H groups in total. The monoisotopic (exact) mass is 346 g/mol. The average molecular weight is 347 g/mol. The molecule has 21 heavy (non-hydrogen) atoms. The number of hydrogen-bond donors (Lipinski definition) is 1. The van der Waals surface area contributed by atoms with Gasteiger partial charge in [0.15, 0.2) is 0 Å². The van der Waals surface area contributed by atoms with Crippen molar-refractivity contribution >= 4 is 21.8 Å². The molecule has 0 spiro atoms. The minimum absolute atomic E-state index is 0.0594. The molecule has 1 aromatic carbocycles. The number of hydrogen-bond acceptors (Lipinski definition) is 2. The van der Waals surface area contributed by atoms with E-state index in [1.54, 1.807) is 12.4 Å². The quantitative estimate of drug-likeness (QED) is 0.891. The van der Waals surface area contributed by atoms with Crippen LogP contribution in [0.4, 0.5) is 0 Å². The van der Waals surface area contributed by atoms with Crippen molar-refractivity contribution in [1.29, 1.82) is 0 Å². The van der Waals surface area contributed by atoms with E-state index in [1.165, 1.54) is 0 Å². The molecule has 2 aromatic rings. The molecule has 3 nitrogen and oxygen atoms in total. The Morgan fingerprint density at radius 3 is 2.33 bits per heavy atom. The second-order valence-electron chi connectivity index (χ2n) is 5.35. The lowest BCUT2D eigenvalue weighted by Crippen LogP contribution is -2.31. The SMILES string of the molecule is CC(C)C(C(=O)NCc1ccncc1)c1ccc(Br)cc1. The molecular weight excluding hydrogens is 328 g/mol. The highest BCUT2D eigenvalue weighted by Crippen LogP contribution is 2.26. The Morgan fingerprint density at radius 1 is 1.14 bits per heavy atom. The van der Waals surface area contributed by atoms with Gasteiger partial charge < -0.3 is 5.32 Å². The summed E-state index contributed by atoms with van der Waals surface area (Å²) in [6, 6.07) is 11.8. The highest BCUT2D eigenvalue weighted by molar-refractivity contribution is 9.10. The van der Waals surface area contributed by atoms with Crippen molar-refractivity contribution in [3.63, 3.8) is 0 Å². The van der Waals surface area contributed by atoms with Crippen LogP contribution in [-0.2, 0) is 11.3 Å². The fraction of sp³-hybridized carbons (Fsp3) is 0.294. The number of pyridine rings is 1. The maximum absolute atomic E-state index is 12.5. The van der Waals surface area contributed by atoms with Crippen LogP contribution in [0.2, 0.25) is 0 Å². The first-order chi connectivity index (χ1) is 10.1.